The number of hydrogen-bond donors (Lipinski definition) is 1. The number of amides is 1. The van der Waals surface area contributed by atoms with Crippen LogP contribution in [0.3, 0.4) is 0 Å². The van der Waals surface area contributed by atoms with Crippen molar-refractivity contribution in [3.8, 4) is 0 Å². The minimum absolute atomic E-state index is 0.0382. The Morgan fingerprint density at radius 3 is 2.80 bits per heavy atom. The smallest absolute Gasteiger partial charge is 0.311 e. The van der Waals surface area contributed by atoms with Crippen LogP contribution < -0.4 is 0 Å². The topological polar surface area (TPSA) is 70.5 Å². The molecule has 1 aliphatic heterocycles. The molecule has 0 bridgehead atoms. The third-order valence-corrected chi connectivity index (χ3v) is 5.59. The standard InChI is InChI=1S/C19H22N2O3S/c1-19(18(23)24)8-5-9-21(13-19)17(22)11-15-12-25-16(20-15)10-14-6-3-2-4-7-14/h2-4,6-7,12H,5,8-11,13H2,1H3,(H,23,24). The quantitative estimate of drug-likeness (QED) is 0.892. The summed E-state index contributed by atoms with van der Waals surface area (Å²) in [6, 6.07) is 10.1. The van der Waals surface area contributed by atoms with Gasteiger partial charge < -0.3 is 10.0 Å². The van der Waals surface area contributed by atoms with E-state index in [9.17, 15) is 14.7 Å². The fourth-order valence-electron chi connectivity index (χ4n) is 3.18. The Hall–Kier alpha value is -2.21. The van der Waals surface area contributed by atoms with Crippen molar-refractivity contribution < 1.29 is 14.7 Å². The highest BCUT2D eigenvalue weighted by atomic mass is 32.1. The molecule has 1 aromatic carbocycles. The lowest BCUT2D eigenvalue weighted by Gasteiger charge is -2.37. The summed E-state index contributed by atoms with van der Waals surface area (Å²) < 4.78 is 0. The Bertz CT molecular complexity index is 759. The maximum Gasteiger partial charge on any atom is 0.311 e. The van der Waals surface area contributed by atoms with Crippen molar-refractivity contribution in [3.05, 3.63) is 52.0 Å². The van der Waals surface area contributed by atoms with E-state index in [1.165, 1.54) is 5.56 Å². The molecule has 2 heterocycles. The van der Waals surface area contributed by atoms with Crippen LogP contribution in [0.2, 0.25) is 0 Å². The summed E-state index contributed by atoms with van der Waals surface area (Å²) in [5.41, 5.74) is 1.13. The molecule has 1 amide bonds. The number of aromatic nitrogens is 1. The van der Waals surface area contributed by atoms with E-state index in [2.05, 4.69) is 17.1 Å². The summed E-state index contributed by atoms with van der Waals surface area (Å²) in [6.45, 7) is 2.63. The monoisotopic (exact) mass is 358 g/mol. The second kappa shape index (κ2) is 7.35. The third kappa shape index (κ3) is 4.25. The second-order valence-corrected chi connectivity index (χ2v) is 7.80. The summed E-state index contributed by atoms with van der Waals surface area (Å²) in [5, 5.41) is 12.3. The molecule has 1 aliphatic rings. The number of thiazole rings is 1. The number of carboxylic acid groups (broad SMARTS) is 1. The minimum Gasteiger partial charge on any atom is -0.481 e. The zero-order valence-electron chi connectivity index (χ0n) is 14.3. The van der Waals surface area contributed by atoms with Gasteiger partial charge in [-0.1, -0.05) is 30.3 Å². The van der Waals surface area contributed by atoms with Crippen LogP contribution in [0.5, 0.6) is 0 Å². The van der Waals surface area contributed by atoms with Crippen LogP contribution in [-0.4, -0.2) is 40.0 Å². The molecule has 3 rings (SSSR count). The molecular weight excluding hydrogens is 336 g/mol. The normalized spacial score (nSPS) is 20.4. The average molecular weight is 358 g/mol. The number of hydrogen-bond acceptors (Lipinski definition) is 4. The van der Waals surface area contributed by atoms with E-state index < -0.39 is 11.4 Å². The van der Waals surface area contributed by atoms with Crippen molar-refractivity contribution in [1.82, 2.24) is 9.88 Å². The van der Waals surface area contributed by atoms with Gasteiger partial charge in [0.25, 0.3) is 0 Å². The van der Waals surface area contributed by atoms with Crippen LogP contribution in [0, 0.1) is 5.41 Å². The predicted molar refractivity (Wildman–Crippen MR) is 96.6 cm³/mol. The lowest BCUT2D eigenvalue weighted by molar-refractivity contribution is -0.153. The van der Waals surface area contributed by atoms with E-state index in [4.69, 9.17) is 0 Å². The molecule has 25 heavy (non-hydrogen) atoms. The van der Waals surface area contributed by atoms with Gasteiger partial charge in [0.05, 0.1) is 22.5 Å². The highest BCUT2D eigenvalue weighted by molar-refractivity contribution is 7.09. The Morgan fingerprint density at radius 2 is 2.08 bits per heavy atom. The van der Waals surface area contributed by atoms with Gasteiger partial charge in [-0.25, -0.2) is 4.98 Å². The lowest BCUT2D eigenvalue weighted by Crippen LogP contribution is -2.48. The van der Waals surface area contributed by atoms with Crippen molar-refractivity contribution in [2.45, 2.75) is 32.6 Å². The molecule has 1 aromatic heterocycles. The summed E-state index contributed by atoms with van der Waals surface area (Å²) in [4.78, 5) is 30.2. The number of benzene rings is 1. The van der Waals surface area contributed by atoms with Crippen molar-refractivity contribution in [1.29, 1.82) is 0 Å². The highest BCUT2D eigenvalue weighted by Gasteiger charge is 2.39. The Labute approximate surface area is 151 Å². The fourth-order valence-corrected chi connectivity index (χ4v) is 4.00. The number of carboxylic acids is 1. The molecule has 1 N–H and O–H groups in total. The summed E-state index contributed by atoms with van der Waals surface area (Å²) in [6.07, 6.45) is 2.34. The van der Waals surface area contributed by atoms with Crippen molar-refractivity contribution >= 4 is 23.2 Å². The van der Waals surface area contributed by atoms with Crippen molar-refractivity contribution in [3.63, 3.8) is 0 Å². The largest absolute Gasteiger partial charge is 0.481 e. The summed E-state index contributed by atoms with van der Waals surface area (Å²) >= 11 is 1.56. The minimum atomic E-state index is -0.839. The summed E-state index contributed by atoms with van der Waals surface area (Å²) in [5.74, 6) is -0.868. The van der Waals surface area contributed by atoms with Gasteiger partial charge in [0.15, 0.2) is 0 Å². The Morgan fingerprint density at radius 1 is 1.32 bits per heavy atom. The molecule has 5 nitrogen and oxygen atoms in total. The first-order valence-electron chi connectivity index (χ1n) is 8.45. The molecule has 1 fully saturated rings. The van der Waals surface area contributed by atoms with E-state index in [1.807, 2.05) is 23.6 Å². The van der Waals surface area contributed by atoms with Crippen molar-refractivity contribution in [2.24, 2.45) is 5.41 Å². The first kappa shape index (κ1) is 17.6. The van der Waals surface area contributed by atoms with Crippen LogP contribution in [0.25, 0.3) is 0 Å². The molecule has 0 saturated carbocycles. The molecule has 1 atom stereocenters. The SMILES string of the molecule is CC1(C(=O)O)CCCN(C(=O)Cc2csc(Cc3ccccc3)n2)C1. The number of carbonyl (C=O) groups is 2. The van der Waals surface area contributed by atoms with E-state index in [0.29, 0.717) is 13.0 Å². The molecule has 0 aliphatic carbocycles. The van der Waals surface area contributed by atoms with Gasteiger partial charge in [-0.3, -0.25) is 9.59 Å². The summed E-state index contributed by atoms with van der Waals surface area (Å²) in [7, 11) is 0. The predicted octanol–water partition coefficient (Wildman–Crippen LogP) is 2.99. The molecule has 2 aromatic rings. The van der Waals surface area contributed by atoms with E-state index in [0.717, 1.165) is 23.5 Å². The molecule has 0 spiro atoms. The van der Waals surface area contributed by atoms with Gasteiger partial charge in [-0.05, 0) is 25.3 Å². The van der Waals surface area contributed by atoms with Gasteiger partial charge in [-0.2, -0.15) is 0 Å². The highest BCUT2D eigenvalue weighted by Crippen LogP contribution is 2.30. The molecule has 132 valence electrons. The van der Waals surface area contributed by atoms with Crippen LogP contribution >= 0.6 is 11.3 Å². The van der Waals surface area contributed by atoms with Gasteiger partial charge in [0, 0.05) is 24.9 Å². The Balaban J connectivity index is 1.61. The number of nitrogens with zero attached hydrogens (tertiary/aromatic N) is 2. The molecular formula is C19H22N2O3S. The van der Waals surface area contributed by atoms with E-state index in [1.54, 1.807) is 23.2 Å². The fraction of sp³-hybridized carbons (Fsp3) is 0.421. The number of likely N-dealkylation sites (tertiary alicyclic amines) is 1. The first-order chi connectivity index (χ1) is 12.0. The third-order valence-electron chi connectivity index (χ3n) is 4.70. The van der Waals surface area contributed by atoms with Crippen LogP contribution in [0.4, 0.5) is 0 Å². The zero-order valence-corrected chi connectivity index (χ0v) is 15.1. The maximum atomic E-state index is 12.5. The van der Waals surface area contributed by atoms with Gasteiger partial charge in [-0.15, -0.1) is 11.3 Å². The zero-order chi connectivity index (χ0) is 17.9. The van der Waals surface area contributed by atoms with Gasteiger partial charge in [0.1, 0.15) is 0 Å². The Kier molecular flexibility index (Phi) is 5.18. The van der Waals surface area contributed by atoms with Gasteiger partial charge in [0.2, 0.25) is 5.91 Å². The second-order valence-electron chi connectivity index (χ2n) is 6.86. The van der Waals surface area contributed by atoms with Crippen molar-refractivity contribution in [2.75, 3.05) is 13.1 Å². The van der Waals surface area contributed by atoms with E-state index in [-0.39, 0.29) is 18.9 Å². The number of carbonyl (C=O) groups excluding carboxylic acids is 1. The van der Waals surface area contributed by atoms with Crippen LogP contribution in [0.1, 0.15) is 36.0 Å². The number of rotatable bonds is 5. The molecule has 1 saturated heterocycles. The molecule has 1 unspecified atom stereocenters. The average Bonchev–Trinajstić information content (AvgIpc) is 3.02. The first-order valence-corrected chi connectivity index (χ1v) is 9.33. The van der Waals surface area contributed by atoms with Crippen LogP contribution in [-0.2, 0) is 22.4 Å². The van der Waals surface area contributed by atoms with Crippen LogP contribution in [0.15, 0.2) is 35.7 Å². The number of piperidine rings is 1. The van der Waals surface area contributed by atoms with E-state index >= 15 is 0 Å². The number of aliphatic carboxylic acids is 1. The lowest BCUT2D eigenvalue weighted by atomic mass is 9.82. The molecule has 6 heteroatoms. The van der Waals surface area contributed by atoms with Gasteiger partial charge >= 0.3 is 5.97 Å². The molecule has 0 radical (unpaired) electrons. The maximum absolute atomic E-state index is 12.5.